The summed E-state index contributed by atoms with van der Waals surface area (Å²) in [5.41, 5.74) is 2.97. The number of alkyl halides is 2. The third kappa shape index (κ3) is 4.19. The highest BCUT2D eigenvalue weighted by atomic mass is 35.5. The Morgan fingerprint density at radius 3 is 2.19 bits per heavy atom. The third-order valence-electron chi connectivity index (χ3n) is 3.31. The number of thioether (sulfide) groups is 1. The van der Waals surface area contributed by atoms with Crippen LogP contribution in [0.25, 0.3) is 11.1 Å². The summed E-state index contributed by atoms with van der Waals surface area (Å²) in [7, 11) is 1.88. The van der Waals surface area contributed by atoms with Crippen molar-refractivity contribution in [3.8, 4) is 11.1 Å². The molecular weight excluding hydrogens is 312 g/mol. The van der Waals surface area contributed by atoms with Crippen LogP contribution in [0.15, 0.2) is 47.4 Å². The smallest absolute Gasteiger partial charge is 0.288 e. The molecule has 1 N–H and O–H groups in total. The van der Waals surface area contributed by atoms with E-state index in [9.17, 15) is 8.78 Å². The van der Waals surface area contributed by atoms with Crippen LogP contribution >= 0.6 is 23.4 Å². The third-order valence-corrected chi connectivity index (χ3v) is 4.36. The van der Waals surface area contributed by atoms with Crippen molar-refractivity contribution in [3.05, 3.63) is 53.1 Å². The lowest BCUT2D eigenvalue weighted by Gasteiger charge is -2.14. The number of nitrogens with one attached hydrogen (secondary N) is 1. The van der Waals surface area contributed by atoms with Crippen molar-refractivity contribution in [3.63, 3.8) is 0 Å². The Kier molecular flexibility index (Phi) is 5.62. The van der Waals surface area contributed by atoms with E-state index in [1.165, 1.54) is 0 Å². The summed E-state index contributed by atoms with van der Waals surface area (Å²) in [5, 5.41) is 3.84. The van der Waals surface area contributed by atoms with Gasteiger partial charge in [-0.25, -0.2) is 0 Å². The fraction of sp³-hybridized carbons (Fsp3) is 0.250. The van der Waals surface area contributed by atoms with Crippen LogP contribution in [0.1, 0.15) is 18.5 Å². The Hall–Kier alpha value is -1.10. The van der Waals surface area contributed by atoms with E-state index in [4.69, 9.17) is 11.6 Å². The van der Waals surface area contributed by atoms with Gasteiger partial charge in [-0.1, -0.05) is 47.6 Å². The van der Waals surface area contributed by atoms with Gasteiger partial charge in [-0.05, 0) is 48.9 Å². The van der Waals surface area contributed by atoms with Gasteiger partial charge in [-0.15, -0.1) is 0 Å². The topological polar surface area (TPSA) is 12.0 Å². The van der Waals surface area contributed by atoms with Gasteiger partial charge in [0.2, 0.25) is 0 Å². The van der Waals surface area contributed by atoms with Gasteiger partial charge in [0.1, 0.15) is 0 Å². The first-order chi connectivity index (χ1) is 10.0. The average molecular weight is 328 g/mol. The van der Waals surface area contributed by atoms with Gasteiger partial charge in [0, 0.05) is 16.0 Å². The first-order valence-electron chi connectivity index (χ1n) is 6.53. The fourth-order valence-corrected chi connectivity index (χ4v) is 2.89. The molecule has 0 saturated heterocycles. The molecule has 0 bridgehead atoms. The normalized spacial score (nSPS) is 12.7. The lowest BCUT2D eigenvalue weighted by molar-refractivity contribution is 0.252. The Morgan fingerprint density at radius 2 is 1.67 bits per heavy atom. The summed E-state index contributed by atoms with van der Waals surface area (Å²) in [6, 6.07) is 13.1. The van der Waals surface area contributed by atoms with Crippen LogP contribution in [0.2, 0.25) is 5.02 Å². The molecule has 2 rings (SSSR count). The molecule has 0 heterocycles. The molecule has 2 aromatic rings. The number of benzene rings is 2. The molecule has 0 aromatic heterocycles. The molecule has 0 aliphatic carbocycles. The van der Waals surface area contributed by atoms with Gasteiger partial charge in [0.05, 0.1) is 0 Å². The molecule has 0 amide bonds. The van der Waals surface area contributed by atoms with Crippen molar-refractivity contribution in [2.45, 2.75) is 23.6 Å². The molecule has 0 radical (unpaired) electrons. The Balaban J connectivity index is 2.24. The number of hydrogen-bond acceptors (Lipinski definition) is 2. The maximum Gasteiger partial charge on any atom is 0.288 e. The predicted molar refractivity (Wildman–Crippen MR) is 86.2 cm³/mol. The summed E-state index contributed by atoms with van der Waals surface area (Å²) in [5.74, 6) is -2.40. The van der Waals surface area contributed by atoms with Crippen LogP contribution in [-0.4, -0.2) is 12.8 Å². The van der Waals surface area contributed by atoms with Crippen molar-refractivity contribution < 1.29 is 8.78 Å². The monoisotopic (exact) mass is 327 g/mol. The van der Waals surface area contributed by atoms with Crippen LogP contribution < -0.4 is 5.32 Å². The van der Waals surface area contributed by atoms with E-state index >= 15 is 0 Å². The zero-order valence-electron chi connectivity index (χ0n) is 11.7. The molecule has 2 aromatic carbocycles. The summed E-state index contributed by atoms with van der Waals surface area (Å²) in [4.78, 5) is 0.556. The minimum Gasteiger partial charge on any atom is -0.313 e. The minimum atomic E-state index is -2.40. The molecule has 112 valence electrons. The highest BCUT2D eigenvalue weighted by Crippen LogP contribution is 2.31. The molecule has 1 nitrogen and oxygen atoms in total. The van der Waals surface area contributed by atoms with E-state index in [-0.39, 0.29) is 6.04 Å². The molecule has 21 heavy (non-hydrogen) atoms. The lowest BCUT2D eigenvalue weighted by atomic mass is 10.0. The van der Waals surface area contributed by atoms with Gasteiger partial charge in [-0.3, -0.25) is 0 Å². The highest BCUT2D eigenvalue weighted by Gasteiger charge is 2.10. The largest absolute Gasteiger partial charge is 0.313 e. The van der Waals surface area contributed by atoms with Gasteiger partial charge >= 0.3 is 0 Å². The maximum absolute atomic E-state index is 12.3. The van der Waals surface area contributed by atoms with Gasteiger partial charge in [0.25, 0.3) is 5.76 Å². The second-order valence-electron chi connectivity index (χ2n) is 4.65. The van der Waals surface area contributed by atoms with E-state index < -0.39 is 5.76 Å². The fourth-order valence-electron chi connectivity index (χ4n) is 2.04. The zero-order valence-corrected chi connectivity index (χ0v) is 13.3. The summed E-state index contributed by atoms with van der Waals surface area (Å²) in [6.45, 7) is 2.04. The van der Waals surface area contributed by atoms with E-state index in [0.29, 0.717) is 21.7 Å². The van der Waals surface area contributed by atoms with Crippen molar-refractivity contribution in [2.24, 2.45) is 0 Å². The Bertz CT molecular complexity index is 602. The number of halogens is 3. The standard InChI is InChI=1S/C16H16ClF2NS/c1-10(20-2)14-8-5-12(9-15(14)17)11-3-6-13(7-4-11)21-16(18)19/h3-10,16,20H,1-2H3. The maximum atomic E-state index is 12.3. The molecule has 1 unspecified atom stereocenters. The molecule has 0 spiro atoms. The summed E-state index contributed by atoms with van der Waals surface area (Å²) in [6.07, 6.45) is 0. The second-order valence-corrected chi connectivity index (χ2v) is 6.12. The van der Waals surface area contributed by atoms with Crippen molar-refractivity contribution in [2.75, 3.05) is 7.05 Å². The second kappa shape index (κ2) is 7.25. The number of hydrogen-bond donors (Lipinski definition) is 1. The van der Waals surface area contributed by atoms with Crippen LogP contribution in [0.5, 0.6) is 0 Å². The summed E-state index contributed by atoms with van der Waals surface area (Å²) < 4.78 is 24.6. The van der Waals surface area contributed by atoms with E-state index in [1.54, 1.807) is 12.1 Å². The average Bonchev–Trinajstić information content (AvgIpc) is 2.46. The van der Waals surface area contributed by atoms with Crippen LogP contribution in [0, 0.1) is 0 Å². The van der Waals surface area contributed by atoms with Crippen molar-refractivity contribution in [1.29, 1.82) is 0 Å². The molecule has 0 fully saturated rings. The van der Waals surface area contributed by atoms with Gasteiger partial charge < -0.3 is 5.32 Å². The Morgan fingerprint density at radius 1 is 1.05 bits per heavy atom. The van der Waals surface area contributed by atoms with E-state index in [1.807, 2.05) is 44.3 Å². The number of rotatable bonds is 5. The molecule has 0 aliphatic heterocycles. The van der Waals surface area contributed by atoms with Gasteiger partial charge in [0.15, 0.2) is 0 Å². The first-order valence-corrected chi connectivity index (χ1v) is 7.79. The van der Waals surface area contributed by atoms with Gasteiger partial charge in [-0.2, -0.15) is 8.78 Å². The predicted octanol–water partition coefficient (Wildman–Crippen LogP) is 5.60. The lowest BCUT2D eigenvalue weighted by Crippen LogP contribution is -2.12. The van der Waals surface area contributed by atoms with Crippen molar-refractivity contribution in [1.82, 2.24) is 5.32 Å². The SMILES string of the molecule is CNC(C)c1ccc(-c2ccc(SC(F)F)cc2)cc1Cl. The Labute approximate surface area is 132 Å². The quantitative estimate of drug-likeness (QED) is 0.717. The highest BCUT2D eigenvalue weighted by molar-refractivity contribution is 7.99. The van der Waals surface area contributed by atoms with Crippen molar-refractivity contribution >= 4 is 23.4 Å². The van der Waals surface area contributed by atoms with Crippen LogP contribution in [0.4, 0.5) is 8.78 Å². The molecule has 1 atom stereocenters. The minimum absolute atomic E-state index is 0.177. The van der Waals surface area contributed by atoms with E-state index in [2.05, 4.69) is 5.32 Å². The molecule has 5 heteroatoms. The molecular formula is C16H16ClF2NS. The summed E-state index contributed by atoms with van der Waals surface area (Å²) >= 11 is 6.86. The molecule has 0 aliphatic rings. The molecule has 0 saturated carbocycles. The zero-order chi connectivity index (χ0) is 15.4. The van der Waals surface area contributed by atoms with Crippen LogP contribution in [0.3, 0.4) is 0 Å². The van der Waals surface area contributed by atoms with E-state index in [0.717, 1.165) is 16.7 Å². The van der Waals surface area contributed by atoms with Crippen LogP contribution in [-0.2, 0) is 0 Å². The first kappa shape index (κ1) is 16.3.